The average Bonchev–Trinajstić information content (AvgIpc) is 3.08. The monoisotopic (exact) mass is 376 g/mol. The fraction of sp³-hybridized carbons (Fsp3) is 0.421. The number of nitrogens with one attached hydrogen (secondary N) is 1. The van der Waals surface area contributed by atoms with Crippen molar-refractivity contribution < 1.29 is 17.6 Å². The summed E-state index contributed by atoms with van der Waals surface area (Å²) < 4.78 is 32.2. The normalized spacial score (nSPS) is 16.5. The second kappa shape index (κ2) is 7.63. The molecule has 0 unspecified atom stereocenters. The van der Waals surface area contributed by atoms with E-state index >= 15 is 0 Å². The number of carbonyl (C=O) groups excluding carboxylic acids is 1. The second-order valence-corrected chi connectivity index (χ2v) is 8.52. The first-order valence-electron chi connectivity index (χ1n) is 8.86. The van der Waals surface area contributed by atoms with Crippen LogP contribution in [0, 0.1) is 6.92 Å². The van der Waals surface area contributed by atoms with Gasteiger partial charge in [-0.25, -0.2) is 8.42 Å². The van der Waals surface area contributed by atoms with Crippen LogP contribution >= 0.6 is 0 Å². The number of amides is 1. The van der Waals surface area contributed by atoms with Crippen molar-refractivity contribution in [2.24, 2.45) is 0 Å². The van der Waals surface area contributed by atoms with Gasteiger partial charge in [-0.05, 0) is 49.9 Å². The number of hydrogen-bond acceptors (Lipinski definition) is 4. The van der Waals surface area contributed by atoms with Gasteiger partial charge in [0.05, 0.1) is 11.2 Å². The first-order valence-corrected chi connectivity index (χ1v) is 10.3. The van der Waals surface area contributed by atoms with E-state index in [-0.39, 0.29) is 11.9 Å². The van der Waals surface area contributed by atoms with E-state index in [0.29, 0.717) is 36.6 Å². The minimum atomic E-state index is -3.49. The van der Waals surface area contributed by atoms with Gasteiger partial charge in [0.2, 0.25) is 10.0 Å². The third-order valence-corrected chi connectivity index (χ3v) is 6.74. The Bertz CT molecular complexity index is 863. The van der Waals surface area contributed by atoms with Crippen molar-refractivity contribution in [1.29, 1.82) is 0 Å². The van der Waals surface area contributed by atoms with Crippen LogP contribution in [0.1, 0.15) is 41.4 Å². The summed E-state index contributed by atoms with van der Waals surface area (Å²) in [7, 11) is -3.49. The van der Waals surface area contributed by atoms with Gasteiger partial charge in [-0.2, -0.15) is 4.31 Å². The Morgan fingerprint density at radius 1 is 1.19 bits per heavy atom. The molecule has 140 valence electrons. The number of piperidine rings is 1. The summed E-state index contributed by atoms with van der Waals surface area (Å²) in [6.45, 7) is 4.63. The SMILES string of the molecule is CCc1ccc(S(=O)(=O)N2CCC(NC(=O)c3occc3C)CC2)cc1. The van der Waals surface area contributed by atoms with Gasteiger partial charge in [0.1, 0.15) is 0 Å². The van der Waals surface area contributed by atoms with Gasteiger partial charge >= 0.3 is 0 Å². The molecule has 1 aromatic carbocycles. The minimum absolute atomic E-state index is 0.0547. The molecule has 0 aliphatic carbocycles. The number of hydrogen-bond donors (Lipinski definition) is 1. The highest BCUT2D eigenvalue weighted by molar-refractivity contribution is 7.89. The maximum atomic E-state index is 12.8. The summed E-state index contributed by atoms with van der Waals surface area (Å²) >= 11 is 0. The second-order valence-electron chi connectivity index (χ2n) is 6.58. The van der Waals surface area contributed by atoms with Gasteiger partial charge in [-0.15, -0.1) is 0 Å². The minimum Gasteiger partial charge on any atom is -0.459 e. The Labute approximate surface area is 154 Å². The van der Waals surface area contributed by atoms with Crippen LogP contribution in [0.5, 0.6) is 0 Å². The molecule has 0 atom stereocenters. The lowest BCUT2D eigenvalue weighted by molar-refractivity contribution is 0.0895. The highest BCUT2D eigenvalue weighted by atomic mass is 32.2. The van der Waals surface area contributed by atoms with Crippen molar-refractivity contribution in [3.05, 3.63) is 53.5 Å². The molecular weight excluding hydrogens is 352 g/mol. The molecule has 0 bridgehead atoms. The quantitative estimate of drug-likeness (QED) is 0.870. The van der Waals surface area contributed by atoms with E-state index in [9.17, 15) is 13.2 Å². The van der Waals surface area contributed by atoms with Crippen molar-refractivity contribution in [1.82, 2.24) is 9.62 Å². The third-order valence-electron chi connectivity index (χ3n) is 4.83. The predicted octanol–water partition coefficient (Wildman–Crippen LogP) is 2.73. The number of benzene rings is 1. The Hall–Kier alpha value is -2.12. The van der Waals surface area contributed by atoms with E-state index in [4.69, 9.17) is 4.42 Å². The zero-order valence-corrected chi connectivity index (χ0v) is 15.9. The van der Waals surface area contributed by atoms with Crippen molar-refractivity contribution in [3.63, 3.8) is 0 Å². The van der Waals surface area contributed by atoms with E-state index < -0.39 is 10.0 Å². The lowest BCUT2D eigenvalue weighted by Crippen LogP contribution is -2.46. The van der Waals surface area contributed by atoms with E-state index in [0.717, 1.165) is 17.5 Å². The lowest BCUT2D eigenvalue weighted by atomic mass is 10.1. The maximum Gasteiger partial charge on any atom is 0.287 e. The molecule has 26 heavy (non-hydrogen) atoms. The van der Waals surface area contributed by atoms with Crippen LogP contribution in [-0.2, 0) is 16.4 Å². The van der Waals surface area contributed by atoms with Crippen molar-refractivity contribution in [2.75, 3.05) is 13.1 Å². The zero-order valence-electron chi connectivity index (χ0n) is 15.1. The average molecular weight is 376 g/mol. The molecule has 0 radical (unpaired) electrons. The highest BCUT2D eigenvalue weighted by Gasteiger charge is 2.30. The topological polar surface area (TPSA) is 79.6 Å². The molecular formula is C19H24N2O4S. The van der Waals surface area contributed by atoms with Gasteiger partial charge in [0.15, 0.2) is 5.76 Å². The van der Waals surface area contributed by atoms with Gasteiger partial charge in [-0.1, -0.05) is 19.1 Å². The summed E-state index contributed by atoms with van der Waals surface area (Å²) in [5.74, 6) is 0.0695. The molecule has 2 aromatic rings. The molecule has 1 fully saturated rings. The summed E-state index contributed by atoms with van der Waals surface area (Å²) in [4.78, 5) is 12.5. The standard InChI is InChI=1S/C19H24N2O4S/c1-3-15-4-6-17(7-5-15)26(23,24)21-11-8-16(9-12-21)20-19(22)18-14(2)10-13-25-18/h4-7,10,13,16H,3,8-9,11-12H2,1-2H3,(H,20,22). The number of sulfonamides is 1. The molecule has 1 aliphatic rings. The molecule has 1 N–H and O–H groups in total. The largest absolute Gasteiger partial charge is 0.459 e. The van der Waals surface area contributed by atoms with Gasteiger partial charge in [0, 0.05) is 24.7 Å². The smallest absolute Gasteiger partial charge is 0.287 e. The van der Waals surface area contributed by atoms with Crippen LogP contribution < -0.4 is 5.32 Å². The highest BCUT2D eigenvalue weighted by Crippen LogP contribution is 2.22. The van der Waals surface area contributed by atoms with Gasteiger partial charge in [0.25, 0.3) is 5.91 Å². The first-order chi connectivity index (χ1) is 12.4. The van der Waals surface area contributed by atoms with Crippen LogP contribution in [0.3, 0.4) is 0 Å². The van der Waals surface area contributed by atoms with E-state index in [2.05, 4.69) is 5.32 Å². The van der Waals surface area contributed by atoms with Crippen molar-refractivity contribution in [2.45, 2.75) is 44.0 Å². The van der Waals surface area contributed by atoms with E-state index in [1.807, 2.05) is 26.0 Å². The molecule has 1 amide bonds. The summed E-state index contributed by atoms with van der Waals surface area (Å²) in [6, 6.07) is 8.73. The Morgan fingerprint density at radius 3 is 2.38 bits per heavy atom. The molecule has 0 saturated carbocycles. The molecule has 7 heteroatoms. The van der Waals surface area contributed by atoms with Crippen LogP contribution in [0.2, 0.25) is 0 Å². The van der Waals surface area contributed by atoms with E-state index in [1.54, 1.807) is 18.2 Å². The Morgan fingerprint density at radius 2 is 1.85 bits per heavy atom. The van der Waals surface area contributed by atoms with Crippen LogP contribution in [0.4, 0.5) is 0 Å². The maximum absolute atomic E-state index is 12.8. The fourth-order valence-corrected chi connectivity index (χ4v) is 4.61. The van der Waals surface area contributed by atoms with Crippen LogP contribution in [-0.4, -0.2) is 37.8 Å². The molecule has 0 spiro atoms. The van der Waals surface area contributed by atoms with Crippen LogP contribution in [0.25, 0.3) is 0 Å². The predicted molar refractivity (Wildman–Crippen MR) is 98.5 cm³/mol. The fourth-order valence-electron chi connectivity index (χ4n) is 3.14. The van der Waals surface area contributed by atoms with E-state index in [1.165, 1.54) is 10.6 Å². The van der Waals surface area contributed by atoms with Crippen LogP contribution in [0.15, 0.2) is 45.9 Å². The summed E-state index contributed by atoms with van der Waals surface area (Å²) in [6.07, 6.45) is 3.53. The molecule has 1 saturated heterocycles. The summed E-state index contributed by atoms with van der Waals surface area (Å²) in [5.41, 5.74) is 1.90. The zero-order chi connectivity index (χ0) is 18.7. The number of furan rings is 1. The third kappa shape index (κ3) is 3.83. The van der Waals surface area contributed by atoms with Crippen molar-refractivity contribution in [3.8, 4) is 0 Å². The van der Waals surface area contributed by atoms with Gasteiger partial charge in [-0.3, -0.25) is 4.79 Å². The van der Waals surface area contributed by atoms with Gasteiger partial charge < -0.3 is 9.73 Å². The molecule has 2 heterocycles. The number of aryl methyl sites for hydroxylation is 2. The molecule has 1 aliphatic heterocycles. The van der Waals surface area contributed by atoms with Crippen molar-refractivity contribution >= 4 is 15.9 Å². The lowest BCUT2D eigenvalue weighted by Gasteiger charge is -2.31. The molecule has 3 rings (SSSR count). The molecule has 6 nitrogen and oxygen atoms in total. The summed E-state index contributed by atoms with van der Waals surface area (Å²) in [5, 5.41) is 2.93. The Balaban J connectivity index is 1.60. The number of carbonyl (C=O) groups is 1. The number of nitrogens with zero attached hydrogens (tertiary/aromatic N) is 1. The Kier molecular flexibility index (Phi) is 5.48. The first kappa shape index (κ1) is 18.7. The molecule has 1 aromatic heterocycles. The number of rotatable bonds is 5.